The van der Waals surface area contributed by atoms with Gasteiger partial charge in [-0.3, -0.25) is 0 Å². The fourth-order valence-corrected chi connectivity index (χ4v) is 3.09. The Bertz CT molecular complexity index is 621. The first kappa shape index (κ1) is 15.3. The highest BCUT2D eigenvalue weighted by Crippen LogP contribution is 2.31. The molecule has 1 aromatic carbocycles. The number of aliphatic hydroxyl groups excluding tert-OH is 1. The quantitative estimate of drug-likeness (QED) is 0.861. The predicted molar refractivity (Wildman–Crippen MR) is 82.5 cm³/mol. The number of aliphatic hydroxyl groups is 1. The minimum absolute atomic E-state index is 0.561. The van der Waals surface area contributed by atoms with Crippen LogP contribution in [-0.4, -0.2) is 15.1 Å². The Morgan fingerprint density at radius 1 is 1.15 bits per heavy atom. The van der Waals surface area contributed by atoms with Gasteiger partial charge in [0.15, 0.2) is 5.16 Å². The van der Waals surface area contributed by atoms with Crippen molar-refractivity contribution >= 4 is 23.4 Å². The molecular formula is C15H17ClN2OS. The summed E-state index contributed by atoms with van der Waals surface area (Å²) in [5.41, 5.74) is 3.84. The molecule has 1 N–H and O–H groups in total. The Balaban J connectivity index is 2.29. The monoisotopic (exact) mass is 308 g/mol. The van der Waals surface area contributed by atoms with Gasteiger partial charge in [0.1, 0.15) is 0 Å². The second-order valence-electron chi connectivity index (χ2n) is 4.76. The summed E-state index contributed by atoms with van der Waals surface area (Å²) in [7, 11) is 0. The molecule has 0 saturated heterocycles. The first-order chi connectivity index (χ1) is 9.38. The van der Waals surface area contributed by atoms with E-state index in [0.29, 0.717) is 10.2 Å². The zero-order chi connectivity index (χ0) is 14.9. The summed E-state index contributed by atoms with van der Waals surface area (Å²) in [5.74, 6) is 0. The summed E-state index contributed by atoms with van der Waals surface area (Å²) in [4.78, 5) is 9.91. The van der Waals surface area contributed by atoms with Gasteiger partial charge in [-0.25, -0.2) is 9.97 Å². The molecule has 1 heterocycles. The second kappa shape index (κ2) is 6.12. The summed E-state index contributed by atoms with van der Waals surface area (Å²) in [6.07, 6.45) is -0.568. The number of nitrogens with zero attached hydrogens (tertiary/aromatic N) is 2. The van der Waals surface area contributed by atoms with Crippen molar-refractivity contribution in [3.8, 4) is 0 Å². The maximum absolute atomic E-state index is 9.57. The fraction of sp³-hybridized carbons (Fsp3) is 0.333. The lowest BCUT2D eigenvalue weighted by Crippen LogP contribution is -1.98. The average Bonchev–Trinajstić information content (AvgIpc) is 2.35. The number of halogens is 1. The number of aromatic nitrogens is 2. The number of hydrogen-bond donors (Lipinski definition) is 1. The van der Waals surface area contributed by atoms with Crippen LogP contribution in [0.5, 0.6) is 0 Å². The highest BCUT2D eigenvalue weighted by atomic mass is 35.5. The molecule has 0 fully saturated rings. The average molecular weight is 309 g/mol. The molecule has 0 saturated carbocycles. The van der Waals surface area contributed by atoms with Gasteiger partial charge in [-0.1, -0.05) is 17.7 Å². The van der Waals surface area contributed by atoms with Crippen molar-refractivity contribution in [1.82, 2.24) is 9.97 Å². The van der Waals surface area contributed by atoms with Crippen molar-refractivity contribution in [2.24, 2.45) is 0 Å². The maximum Gasteiger partial charge on any atom is 0.192 e. The van der Waals surface area contributed by atoms with Crippen molar-refractivity contribution < 1.29 is 5.11 Å². The van der Waals surface area contributed by atoms with E-state index >= 15 is 0 Å². The van der Waals surface area contributed by atoms with E-state index < -0.39 is 6.10 Å². The van der Waals surface area contributed by atoms with Crippen LogP contribution in [-0.2, 0) is 0 Å². The zero-order valence-corrected chi connectivity index (χ0v) is 13.5. The maximum atomic E-state index is 9.57. The molecular weight excluding hydrogens is 292 g/mol. The normalized spacial score (nSPS) is 12.5. The lowest BCUT2D eigenvalue weighted by atomic mass is 10.1. The highest BCUT2D eigenvalue weighted by Gasteiger charge is 2.10. The molecule has 0 bridgehead atoms. The topological polar surface area (TPSA) is 46.0 Å². The predicted octanol–water partition coefficient (Wildman–Crippen LogP) is 4.26. The van der Waals surface area contributed by atoms with Crippen LogP contribution in [0.15, 0.2) is 28.3 Å². The third kappa shape index (κ3) is 3.32. The van der Waals surface area contributed by atoms with Crippen LogP contribution in [0.2, 0.25) is 5.02 Å². The van der Waals surface area contributed by atoms with Gasteiger partial charge in [0.05, 0.1) is 6.10 Å². The molecule has 0 aliphatic heterocycles. The molecule has 106 valence electrons. The van der Waals surface area contributed by atoms with E-state index in [2.05, 4.69) is 9.97 Å². The number of benzene rings is 1. The van der Waals surface area contributed by atoms with Crippen LogP contribution in [0, 0.1) is 20.8 Å². The number of hydrogen-bond acceptors (Lipinski definition) is 4. The Morgan fingerprint density at radius 2 is 1.75 bits per heavy atom. The Labute approximate surface area is 128 Å². The smallest absolute Gasteiger partial charge is 0.192 e. The molecule has 1 unspecified atom stereocenters. The van der Waals surface area contributed by atoms with Gasteiger partial charge in [0.25, 0.3) is 0 Å². The summed E-state index contributed by atoms with van der Waals surface area (Å²) in [5, 5.41) is 10.8. The highest BCUT2D eigenvalue weighted by molar-refractivity contribution is 7.99. The van der Waals surface area contributed by atoms with Crippen LogP contribution in [0.25, 0.3) is 0 Å². The van der Waals surface area contributed by atoms with Crippen LogP contribution in [0.4, 0.5) is 0 Å². The van der Waals surface area contributed by atoms with Crippen LogP contribution >= 0.6 is 23.4 Å². The number of rotatable bonds is 3. The van der Waals surface area contributed by atoms with Crippen molar-refractivity contribution in [2.45, 2.75) is 43.9 Å². The lowest BCUT2D eigenvalue weighted by Gasteiger charge is -2.10. The van der Waals surface area contributed by atoms with Gasteiger partial charge in [-0.2, -0.15) is 0 Å². The van der Waals surface area contributed by atoms with Gasteiger partial charge in [-0.05, 0) is 62.7 Å². The Hall–Kier alpha value is -1.10. The van der Waals surface area contributed by atoms with E-state index in [1.165, 1.54) is 11.8 Å². The SMILES string of the molecule is Cc1nc(Sc2ccc(C(C)O)c(Cl)c2)nc(C)c1C. The molecule has 3 nitrogen and oxygen atoms in total. The van der Waals surface area contributed by atoms with E-state index in [1.807, 2.05) is 39.0 Å². The third-order valence-electron chi connectivity index (χ3n) is 3.24. The Kier molecular flexibility index (Phi) is 4.68. The minimum Gasteiger partial charge on any atom is -0.389 e. The molecule has 1 aromatic heterocycles. The van der Waals surface area contributed by atoms with Gasteiger partial charge in [0, 0.05) is 21.3 Å². The van der Waals surface area contributed by atoms with Crippen LogP contribution < -0.4 is 0 Å². The second-order valence-corrected chi connectivity index (χ2v) is 6.21. The number of aryl methyl sites for hydroxylation is 2. The fourth-order valence-electron chi connectivity index (χ4n) is 1.80. The van der Waals surface area contributed by atoms with E-state index in [9.17, 15) is 5.11 Å². The van der Waals surface area contributed by atoms with Gasteiger partial charge >= 0.3 is 0 Å². The van der Waals surface area contributed by atoms with Gasteiger partial charge in [-0.15, -0.1) is 0 Å². The summed E-state index contributed by atoms with van der Waals surface area (Å²) in [6.45, 7) is 7.69. The molecule has 20 heavy (non-hydrogen) atoms. The van der Waals surface area contributed by atoms with Gasteiger partial charge < -0.3 is 5.11 Å². The van der Waals surface area contributed by atoms with Crippen molar-refractivity contribution in [3.05, 3.63) is 45.7 Å². The van der Waals surface area contributed by atoms with E-state index in [0.717, 1.165) is 27.4 Å². The van der Waals surface area contributed by atoms with Gasteiger partial charge in [0.2, 0.25) is 0 Å². The zero-order valence-electron chi connectivity index (χ0n) is 11.9. The molecule has 0 aliphatic rings. The van der Waals surface area contributed by atoms with Crippen molar-refractivity contribution in [2.75, 3.05) is 0 Å². The lowest BCUT2D eigenvalue weighted by molar-refractivity contribution is 0.199. The molecule has 2 aromatic rings. The molecule has 1 atom stereocenters. The summed E-state index contributed by atoms with van der Waals surface area (Å²) in [6, 6.07) is 5.60. The van der Waals surface area contributed by atoms with E-state index in [-0.39, 0.29) is 0 Å². The Morgan fingerprint density at radius 3 is 2.25 bits per heavy atom. The molecule has 2 rings (SSSR count). The molecule has 0 radical (unpaired) electrons. The van der Waals surface area contributed by atoms with Crippen molar-refractivity contribution in [3.63, 3.8) is 0 Å². The standard InChI is InChI=1S/C15H17ClN2OS/c1-8-9(2)17-15(18-10(8)3)20-12-5-6-13(11(4)19)14(16)7-12/h5-7,11,19H,1-4H3. The molecule has 5 heteroatoms. The van der Waals surface area contributed by atoms with E-state index in [1.54, 1.807) is 6.92 Å². The van der Waals surface area contributed by atoms with Crippen molar-refractivity contribution in [1.29, 1.82) is 0 Å². The molecule has 0 aliphatic carbocycles. The first-order valence-electron chi connectivity index (χ1n) is 6.35. The van der Waals surface area contributed by atoms with Crippen LogP contribution in [0.3, 0.4) is 0 Å². The molecule has 0 amide bonds. The molecule has 0 spiro atoms. The third-order valence-corrected chi connectivity index (χ3v) is 4.43. The van der Waals surface area contributed by atoms with Crippen LogP contribution in [0.1, 0.15) is 35.5 Å². The minimum atomic E-state index is -0.568. The van der Waals surface area contributed by atoms with E-state index in [4.69, 9.17) is 11.6 Å². The summed E-state index contributed by atoms with van der Waals surface area (Å²) < 4.78 is 0. The summed E-state index contributed by atoms with van der Waals surface area (Å²) >= 11 is 7.64. The first-order valence-corrected chi connectivity index (χ1v) is 7.55. The largest absolute Gasteiger partial charge is 0.389 e.